The smallest absolute Gasteiger partial charge is 0.412 e. The lowest BCUT2D eigenvalue weighted by Gasteiger charge is -2.31. The number of ether oxygens (including phenoxy) is 2. The van der Waals surface area contributed by atoms with Gasteiger partial charge in [0, 0.05) is 24.8 Å². The second-order valence-corrected chi connectivity index (χ2v) is 8.68. The minimum Gasteiger partial charge on any atom is -0.444 e. The summed E-state index contributed by atoms with van der Waals surface area (Å²) < 4.78 is 10.8. The second-order valence-electron chi connectivity index (χ2n) is 7.57. The quantitative estimate of drug-likeness (QED) is 0.216. The van der Waals surface area contributed by atoms with Crippen LogP contribution < -0.4 is 10.1 Å². The summed E-state index contributed by atoms with van der Waals surface area (Å²) in [5, 5.41) is 11.2. The molecule has 1 aliphatic heterocycles. The standard InChI is InChI=1S/C19H25N3O8S/c1-12(23)29-15-8-6-5-7-13(15)17-21(18(25)30-19(2,3)4)14(11-31-17)16(24)20-9-10-28-22(26)27/h5-8,14,17H,9-11H2,1-4H3,(H,20,24)/t14-,17+/m0/s1. The summed E-state index contributed by atoms with van der Waals surface area (Å²) in [4.78, 5) is 52.9. The largest absolute Gasteiger partial charge is 0.444 e. The van der Waals surface area contributed by atoms with E-state index in [0.29, 0.717) is 5.56 Å². The molecule has 0 spiro atoms. The van der Waals surface area contributed by atoms with E-state index in [-0.39, 0.29) is 24.7 Å². The maximum Gasteiger partial charge on any atom is 0.412 e. The number of hydrogen-bond acceptors (Lipinski definition) is 9. The molecule has 0 saturated carbocycles. The van der Waals surface area contributed by atoms with E-state index in [0.717, 1.165) is 0 Å². The van der Waals surface area contributed by atoms with Crippen molar-refractivity contribution in [2.24, 2.45) is 0 Å². The van der Waals surface area contributed by atoms with Crippen LogP contribution in [0.2, 0.25) is 0 Å². The van der Waals surface area contributed by atoms with Gasteiger partial charge in [-0.25, -0.2) is 4.79 Å². The van der Waals surface area contributed by atoms with E-state index in [1.54, 1.807) is 45.0 Å². The highest BCUT2D eigenvalue weighted by atomic mass is 32.2. The molecule has 12 heteroatoms. The molecule has 0 aromatic heterocycles. The van der Waals surface area contributed by atoms with Crippen molar-refractivity contribution in [1.29, 1.82) is 0 Å². The molecule has 0 radical (unpaired) electrons. The van der Waals surface area contributed by atoms with Gasteiger partial charge in [-0.15, -0.1) is 21.9 Å². The fourth-order valence-corrected chi connectivity index (χ4v) is 4.27. The highest BCUT2D eigenvalue weighted by Gasteiger charge is 2.45. The summed E-state index contributed by atoms with van der Waals surface area (Å²) in [6.45, 7) is 5.98. The Hall–Kier alpha value is -3.02. The molecule has 1 aromatic carbocycles. The SMILES string of the molecule is CC(=O)Oc1ccccc1[C@H]1SC[C@@H](C(=O)NCCO[N+](=O)[O-])N1C(=O)OC(C)(C)C. The number of hydrogen-bond donors (Lipinski definition) is 1. The van der Waals surface area contributed by atoms with E-state index in [2.05, 4.69) is 10.2 Å². The molecule has 1 aromatic rings. The van der Waals surface area contributed by atoms with Crippen LogP contribution in [-0.4, -0.2) is 58.5 Å². The van der Waals surface area contributed by atoms with Crippen LogP contribution in [0, 0.1) is 10.1 Å². The number of nitrogens with zero attached hydrogens (tertiary/aromatic N) is 2. The summed E-state index contributed by atoms with van der Waals surface area (Å²) >= 11 is 1.31. The number of para-hydroxylation sites is 1. The van der Waals surface area contributed by atoms with Gasteiger partial charge in [0.05, 0.1) is 0 Å². The van der Waals surface area contributed by atoms with Crippen molar-refractivity contribution >= 4 is 29.7 Å². The monoisotopic (exact) mass is 455 g/mol. The lowest BCUT2D eigenvalue weighted by atomic mass is 10.1. The molecule has 170 valence electrons. The van der Waals surface area contributed by atoms with Crippen LogP contribution in [-0.2, 0) is 19.2 Å². The topological polar surface area (TPSA) is 137 Å². The van der Waals surface area contributed by atoms with E-state index < -0.39 is 40.1 Å². The summed E-state index contributed by atoms with van der Waals surface area (Å²) in [5.74, 6) is -0.487. The molecule has 1 N–H and O–H groups in total. The zero-order valence-electron chi connectivity index (χ0n) is 17.7. The van der Waals surface area contributed by atoms with Crippen molar-refractivity contribution in [3.05, 3.63) is 39.9 Å². The second kappa shape index (κ2) is 10.3. The molecule has 11 nitrogen and oxygen atoms in total. The van der Waals surface area contributed by atoms with Crippen LogP contribution in [0.4, 0.5) is 4.79 Å². The summed E-state index contributed by atoms with van der Waals surface area (Å²) in [6, 6.07) is 5.84. The first-order chi connectivity index (χ1) is 14.5. The van der Waals surface area contributed by atoms with Gasteiger partial charge in [0.1, 0.15) is 29.4 Å². The molecule has 1 heterocycles. The van der Waals surface area contributed by atoms with Gasteiger partial charge in [0.15, 0.2) is 0 Å². The number of carbonyl (C=O) groups is 3. The minimum atomic E-state index is -0.952. The number of carbonyl (C=O) groups excluding carboxylic acids is 3. The fraction of sp³-hybridized carbons (Fsp3) is 0.526. The predicted molar refractivity (Wildman–Crippen MR) is 111 cm³/mol. The average Bonchev–Trinajstić information content (AvgIpc) is 3.08. The van der Waals surface area contributed by atoms with Crippen molar-refractivity contribution in [2.45, 2.75) is 44.7 Å². The Kier molecular flexibility index (Phi) is 8.08. The van der Waals surface area contributed by atoms with Crippen LogP contribution in [0.25, 0.3) is 0 Å². The number of benzene rings is 1. The van der Waals surface area contributed by atoms with E-state index in [4.69, 9.17) is 9.47 Å². The molecular weight excluding hydrogens is 430 g/mol. The van der Waals surface area contributed by atoms with Crippen molar-refractivity contribution in [3.63, 3.8) is 0 Å². The molecule has 2 atom stereocenters. The number of thioether (sulfide) groups is 1. The van der Waals surface area contributed by atoms with Crippen LogP contribution in [0.5, 0.6) is 5.75 Å². The van der Waals surface area contributed by atoms with E-state index in [9.17, 15) is 24.5 Å². The normalized spacial score (nSPS) is 18.3. The van der Waals surface area contributed by atoms with E-state index in [1.165, 1.54) is 23.6 Å². The zero-order valence-corrected chi connectivity index (χ0v) is 18.5. The van der Waals surface area contributed by atoms with Gasteiger partial charge in [-0.1, -0.05) is 18.2 Å². The first kappa shape index (κ1) is 24.3. The predicted octanol–water partition coefficient (Wildman–Crippen LogP) is 2.29. The molecular formula is C19H25N3O8S. The van der Waals surface area contributed by atoms with Gasteiger partial charge in [0.2, 0.25) is 5.91 Å². The molecule has 0 unspecified atom stereocenters. The van der Waals surface area contributed by atoms with Crippen molar-refractivity contribution in [3.8, 4) is 5.75 Å². The van der Waals surface area contributed by atoms with Gasteiger partial charge in [-0.2, -0.15) is 0 Å². The summed E-state index contributed by atoms with van der Waals surface area (Å²) in [7, 11) is 0. The van der Waals surface area contributed by atoms with Crippen LogP contribution in [0.1, 0.15) is 38.6 Å². The molecule has 2 amide bonds. The third-order valence-corrected chi connectivity index (χ3v) is 5.25. The summed E-state index contributed by atoms with van der Waals surface area (Å²) in [5.41, 5.74) is -0.259. The van der Waals surface area contributed by atoms with Crippen molar-refractivity contribution in [2.75, 3.05) is 18.9 Å². The first-order valence-corrected chi connectivity index (χ1v) is 10.5. The molecule has 1 fully saturated rings. The average molecular weight is 455 g/mol. The van der Waals surface area contributed by atoms with Gasteiger partial charge in [-0.05, 0) is 26.8 Å². The molecule has 0 bridgehead atoms. The molecule has 0 aliphatic carbocycles. The third-order valence-electron chi connectivity index (χ3n) is 3.94. The summed E-state index contributed by atoms with van der Waals surface area (Å²) in [6.07, 6.45) is -0.707. The lowest BCUT2D eigenvalue weighted by Crippen LogP contribution is -2.50. The lowest BCUT2D eigenvalue weighted by molar-refractivity contribution is -0.757. The zero-order chi connectivity index (χ0) is 23.2. The first-order valence-electron chi connectivity index (χ1n) is 9.45. The van der Waals surface area contributed by atoms with Crippen LogP contribution in [0.3, 0.4) is 0 Å². The maximum absolute atomic E-state index is 13.0. The number of esters is 1. The van der Waals surface area contributed by atoms with Gasteiger partial charge >= 0.3 is 12.1 Å². The highest BCUT2D eigenvalue weighted by molar-refractivity contribution is 7.99. The van der Waals surface area contributed by atoms with Crippen molar-refractivity contribution in [1.82, 2.24) is 10.2 Å². The van der Waals surface area contributed by atoms with Crippen molar-refractivity contribution < 1.29 is 33.8 Å². The Balaban J connectivity index is 2.28. The Labute approximate surface area is 183 Å². The maximum atomic E-state index is 13.0. The Morgan fingerprint density at radius 1 is 1.29 bits per heavy atom. The minimum absolute atomic E-state index is 0.0994. The van der Waals surface area contributed by atoms with Gasteiger partial charge in [0.25, 0.3) is 5.09 Å². The molecule has 31 heavy (non-hydrogen) atoms. The number of amides is 2. The van der Waals surface area contributed by atoms with Gasteiger partial charge in [-0.3, -0.25) is 14.5 Å². The third kappa shape index (κ3) is 7.02. The van der Waals surface area contributed by atoms with Crippen LogP contribution >= 0.6 is 11.8 Å². The fourth-order valence-electron chi connectivity index (χ4n) is 2.83. The number of nitrogens with one attached hydrogen (secondary N) is 1. The highest BCUT2D eigenvalue weighted by Crippen LogP contribution is 2.45. The van der Waals surface area contributed by atoms with Gasteiger partial charge < -0.3 is 19.6 Å². The molecule has 1 aliphatic rings. The molecule has 2 rings (SSSR count). The van der Waals surface area contributed by atoms with E-state index in [1.807, 2.05) is 0 Å². The Morgan fingerprint density at radius 3 is 2.58 bits per heavy atom. The molecule has 1 saturated heterocycles. The number of rotatable bonds is 7. The Morgan fingerprint density at radius 2 is 1.97 bits per heavy atom. The van der Waals surface area contributed by atoms with Crippen LogP contribution in [0.15, 0.2) is 24.3 Å². The van der Waals surface area contributed by atoms with E-state index >= 15 is 0 Å². The Bertz CT molecular complexity index is 842.